The molecule has 0 aromatic heterocycles. The van der Waals surface area contributed by atoms with Crippen molar-refractivity contribution in [3.05, 3.63) is 65.7 Å². The van der Waals surface area contributed by atoms with E-state index in [1.54, 1.807) is 0 Å². The largest absolute Gasteiger partial charge is 0.399 e. The summed E-state index contributed by atoms with van der Waals surface area (Å²) in [5, 5.41) is 0. The molecule has 138 valence electrons. The first-order valence-electron chi connectivity index (χ1n) is 9.49. The summed E-state index contributed by atoms with van der Waals surface area (Å²) >= 11 is 0. The summed E-state index contributed by atoms with van der Waals surface area (Å²) in [4.78, 5) is 14.4. The van der Waals surface area contributed by atoms with E-state index in [2.05, 4.69) is 24.3 Å². The fourth-order valence-corrected chi connectivity index (χ4v) is 3.42. The maximum Gasteiger partial charge on any atom is 0.222 e. The number of rotatable bonds is 8. The number of aryl methyl sites for hydroxylation is 2. The third kappa shape index (κ3) is 5.33. The Labute approximate surface area is 156 Å². The molecule has 1 atom stereocenters. The SMILES string of the molecule is Nc1ccccc1CCC(=O)N1CCC(OCCCc2ccccc2)C1. The van der Waals surface area contributed by atoms with Gasteiger partial charge in [0, 0.05) is 31.8 Å². The van der Waals surface area contributed by atoms with Crippen LogP contribution in [0.4, 0.5) is 5.69 Å². The van der Waals surface area contributed by atoms with Crippen LogP contribution in [0.5, 0.6) is 0 Å². The minimum atomic E-state index is 0.177. The van der Waals surface area contributed by atoms with Crippen molar-refractivity contribution in [2.75, 3.05) is 25.4 Å². The Morgan fingerprint density at radius 3 is 2.65 bits per heavy atom. The number of nitrogen functional groups attached to an aromatic ring is 1. The van der Waals surface area contributed by atoms with Crippen LogP contribution in [0.2, 0.25) is 0 Å². The average molecular weight is 352 g/mol. The lowest BCUT2D eigenvalue weighted by atomic mass is 10.1. The number of likely N-dealkylation sites (tertiary alicyclic amines) is 1. The van der Waals surface area contributed by atoms with E-state index >= 15 is 0 Å². The van der Waals surface area contributed by atoms with Gasteiger partial charge in [0.25, 0.3) is 0 Å². The highest BCUT2D eigenvalue weighted by Crippen LogP contribution is 2.17. The monoisotopic (exact) mass is 352 g/mol. The number of para-hydroxylation sites is 1. The molecular formula is C22H28N2O2. The summed E-state index contributed by atoms with van der Waals surface area (Å²) in [6.45, 7) is 2.27. The lowest BCUT2D eigenvalue weighted by Gasteiger charge is -2.17. The summed E-state index contributed by atoms with van der Waals surface area (Å²) in [5.74, 6) is 0.198. The van der Waals surface area contributed by atoms with Crippen LogP contribution in [-0.2, 0) is 22.4 Å². The molecule has 1 aliphatic heterocycles. The molecule has 0 radical (unpaired) electrons. The molecule has 1 fully saturated rings. The second kappa shape index (κ2) is 9.39. The van der Waals surface area contributed by atoms with Gasteiger partial charge in [0.05, 0.1) is 6.10 Å². The Morgan fingerprint density at radius 1 is 1.08 bits per heavy atom. The number of ether oxygens (including phenoxy) is 1. The second-order valence-corrected chi connectivity index (χ2v) is 6.91. The maximum absolute atomic E-state index is 12.4. The first kappa shape index (κ1) is 18.5. The van der Waals surface area contributed by atoms with E-state index in [-0.39, 0.29) is 12.0 Å². The number of amides is 1. The topological polar surface area (TPSA) is 55.6 Å². The predicted octanol–water partition coefficient (Wildman–Crippen LogP) is 3.45. The fraction of sp³-hybridized carbons (Fsp3) is 0.409. The van der Waals surface area contributed by atoms with Gasteiger partial charge in [-0.15, -0.1) is 0 Å². The summed E-state index contributed by atoms with van der Waals surface area (Å²) in [6, 6.07) is 18.2. The Hall–Kier alpha value is -2.33. The van der Waals surface area contributed by atoms with E-state index in [0.717, 1.165) is 43.7 Å². The fourth-order valence-electron chi connectivity index (χ4n) is 3.42. The number of nitrogens with two attached hydrogens (primary N) is 1. The van der Waals surface area contributed by atoms with Crippen molar-refractivity contribution in [3.8, 4) is 0 Å². The van der Waals surface area contributed by atoms with E-state index in [4.69, 9.17) is 10.5 Å². The van der Waals surface area contributed by atoms with E-state index in [9.17, 15) is 4.79 Å². The zero-order valence-corrected chi connectivity index (χ0v) is 15.3. The summed E-state index contributed by atoms with van der Waals surface area (Å²) in [5.41, 5.74) is 9.11. The zero-order chi connectivity index (χ0) is 18.2. The lowest BCUT2D eigenvalue weighted by Crippen LogP contribution is -2.30. The van der Waals surface area contributed by atoms with Gasteiger partial charge >= 0.3 is 0 Å². The quantitative estimate of drug-likeness (QED) is 0.585. The van der Waals surface area contributed by atoms with E-state index in [1.807, 2.05) is 35.2 Å². The third-order valence-corrected chi connectivity index (χ3v) is 4.97. The van der Waals surface area contributed by atoms with Crippen LogP contribution in [-0.4, -0.2) is 36.6 Å². The Morgan fingerprint density at radius 2 is 1.85 bits per heavy atom. The number of nitrogens with zero attached hydrogens (tertiary/aromatic N) is 1. The van der Waals surface area contributed by atoms with Crippen LogP contribution in [0.15, 0.2) is 54.6 Å². The lowest BCUT2D eigenvalue weighted by molar-refractivity contribution is -0.130. The third-order valence-electron chi connectivity index (χ3n) is 4.97. The second-order valence-electron chi connectivity index (χ2n) is 6.91. The number of benzene rings is 2. The van der Waals surface area contributed by atoms with Gasteiger partial charge in [-0.05, 0) is 42.9 Å². The molecule has 3 rings (SSSR count). The molecule has 1 saturated heterocycles. The van der Waals surface area contributed by atoms with Gasteiger partial charge < -0.3 is 15.4 Å². The first-order valence-corrected chi connectivity index (χ1v) is 9.49. The molecule has 0 saturated carbocycles. The summed E-state index contributed by atoms with van der Waals surface area (Å²) in [7, 11) is 0. The van der Waals surface area contributed by atoms with Crippen LogP contribution in [0.1, 0.15) is 30.4 Å². The molecule has 0 spiro atoms. The number of hydrogen-bond donors (Lipinski definition) is 1. The highest BCUT2D eigenvalue weighted by atomic mass is 16.5. The standard InChI is InChI=1S/C22H28N2O2/c23-21-11-5-4-10-19(21)12-13-22(25)24-15-14-20(17-24)26-16-6-9-18-7-2-1-3-8-18/h1-5,7-8,10-11,20H,6,9,12-17,23H2. The molecule has 2 aromatic rings. The van der Waals surface area contributed by atoms with Crippen LogP contribution >= 0.6 is 0 Å². The predicted molar refractivity (Wildman–Crippen MR) is 105 cm³/mol. The summed E-state index contributed by atoms with van der Waals surface area (Å²) < 4.78 is 5.97. The van der Waals surface area contributed by atoms with E-state index in [1.165, 1.54) is 5.56 Å². The minimum absolute atomic E-state index is 0.177. The van der Waals surface area contributed by atoms with Crippen molar-refractivity contribution < 1.29 is 9.53 Å². The zero-order valence-electron chi connectivity index (χ0n) is 15.3. The van der Waals surface area contributed by atoms with E-state index < -0.39 is 0 Å². The van der Waals surface area contributed by atoms with E-state index in [0.29, 0.717) is 19.4 Å². The average Bonchev–Trinajstić information content (AvgIpc) is 3.14. The van der Waals surface area contributed by atoms with Gasteiger partial charge in [0.1, 0.15) is 0 Å². The van der Waals surface area contributed by atoms with Crippen molar-refractivity contribution in [3.63, 3.8) is 0 Å². The molecule has 4 nitrogen and oxygen atoms in total. The summed E-state index contributed by atoms with van der Waals surface area (Å²) in [6.07, 6.45) is 4.37. The minimum Gasteiger partial charge on any atom is -0.399 e. The van der Waals surface area contributed by atoms with Gasteiger partial charge in [0.15, 0.2) is 0 Å². The number of hydrogen-bond acceptors (Lipinski definition) is 3. The smallest absolute Gasteiger partial charge is 0.222 e. The molecule has 1 unspecified atom stereocenters. The molecule has 0 aliphatic carbocycles. The highest BCUT2D eigenvalue weighted by molar-refractivity contribution is 5.77. The molecule has 26 heavy (non-hydrogen) atoms. The van der Waals surface area contributed by atoms with Gasteiger partial charge in [-0.3, -0.25) is 4.79 Å². The van der Waals surface area contributed by atoms with Gasteiger partial charge in [-0.25, -0.2) is 0 Å². The molecule has 1 heterocycles. The Kier molecular flexibility index (Phi) is 6.67. The van der Waals surface area contributed by atoms with Crippen molar-refractivity contribution in [2.24, 2.45) is 0 Å². The Balaban J connectivity index is 1.34. The molecular weight excluding hydrogens is 324 g/mol. The van der Waals surface area contributed by atoms with Crippen LogP contribution < -0.4 is 5.73 Å². The molecule has 1 aliphatic rings. The first-order chi connectivity index (χ1) is 12.7. The van der Waals surface area contributed by atoms with Gasteiger partial charge in [0.2, 0.25) is 5.91 Å². The van der Waals surface area contributed by atoms with Crippen molar-refractivity contribution in [1.29, 1.82) is 0 Å². The van der Waals surface area contributed by atoms with Crippen LogP contribution in [0.3, 0.4) is 0 Å². The molecule has 4 heteroatoms. The van der Waals surface area contributed by atoms with Gasteiger partial charge in [-0.1, -0.05) is 48.5 Å². The molecule has 0 bridgehead atoms. The Bertz CT molecular complexity index is 702. The van der Waals surface area contributed by atoms with Crippen molar-refractivity contribution >= 4 is 11.6 Å². The molecule has 2 N–H and O–H groups in total. The number of anilines is 1. The molecule has 2 aromatic carbocycles. The van der Waals surface area contributed by atoms with Crippen molar-refractivity contribution in [1.82, 2.24) is 4.90 Å². The highest BCUT2D eigenvalue weighted by Gasteiger charge is 2.26. The molecule has 1 amide bonds. The number of carbonyl (C=O) groups excluding carboxylic acids is 1. The number of carbonyl (C=O) groups is 1. The maximum atomic E-state index is 12.4. The van der Waals surface area contributed by atoms with Crippen LogP contribution in [0.25, 0.3) is 0 Å². The van der Waals surface area contributed by atoms with Crippen LogP contribution in [0, 0.1) is 0 Å². The van der Waals surface area contributed by atoms with Gasteiger partial charge in [-0.2, -0.15) is 0 Å². The normalized spacial score (nSPS) is 16.8. The van der Waals surface area contributed by atoms with Crippen molar-refractivity contribution in [2.45, 2.75) is 38.2 Å².